The van der Waals surface area contributed by atoms with Crippen LogP contribution in [0, 0.1) is 29.1 Å². The van der Waals surface area contributed by atoms with Crippen molar-refractivity contribution in [2.45, 2.75) is 70.8 Å². The molecule has 0 heterocycles. The predicted octanol–water partition coefficient (Wildman–Crippen LogP) is 5.24. The fourth-order valence-electron chi connectivity index (χ4n) is 3.80. The number of allylic oxidation sites excluding steroid dienone is 4. The van der Waals surface area contributed by atoms with Crippen LogP contribution in [0.25, 0.3) is 0 Å². The first-order valence-corrected chi connectivity index (χ1v) is 9.27. The molecule has 0 spiro atoms. The summed E-state index contributed by atoms with van der Waals surface area (Å²) in [4.78, 5) is 12.3. The fourth-order valence-corrected chi connectivity index (χ4v) is 3.80. The van der Waals surface area contributed by atoms with Gasteiger partial charge in [-0.15, -0.1) is 0 Å². The molecule has 0 radical (unpaired) electrons. The lowest BCUT2D eigenvalue weighted by molar-refractivity contribution is -0.157. The lowest BCUT2D eigenvalue weighted by Crippen LogP contribution is -2.29. The van der Waals surface area contributed by atoms with Crippen molar-refractivity contribution in [3.63, 3.8) is 0 Å². The number of nitrogens with zero attached hydrogens (tertiary/aromatic N) is 1. The second-order valence-corrected chi connectivity index (χ2v) is 7.11. The first kappa shape index (κ1) is 18.7. The highest BCUT2D eigenvalue weighted by atomic mass is 19.1. The van der Waals surface area contributed by atoms with Crippen LogP contribution in [0.1, 0.15) is 64.7 Å². The average Bonchev–Trinajstić information content (AvgIpc) is 2.63. The van der Waals surface area contributed by atoms with E-state index in [1.807, 2.05) is 6.08 Å². The lowest BCUT2D eigenvalue weighted by atomic mass is 9.81. The van der Waals surface area contributed by atoms with Crippen molar-refractivity contribution >= 4 is 5.97 Å². The standard InChI is InChI=1S/C20H28FNO2/c1-2-15-6-10-17(11-7-15)20(23)24-19-12-8-16(9-13-19)4-3-5-18(21)14-22/h3-5,15-17,19H,2,6-13H2,1H3. The predicted molar refractivity (Wildman–Crippen MR) is 91.5 cm³/mol. The van der Waals surface area contributed by atoms with E-state index in [0.717, 1.165) is 57.3 Å². The summed E-state index contributed by atoms with van der Waals surface area (Å²) < 4.78 is 18.4. The Balaban J connectivity index is 1.69. The van der Waals surface area contributed by atoms with Gasteiger partial charge in [-0.05, 0) is 69.3 Å². The molecule has 0 saturated heterocycles. The number of halogens is 1. The van der Waals surface area contributed by atoms with Gasteiger partial charge in [-0.2, -0.15) is 9.65 Å². The summed E-state index contributed by atoms with van der Waals surface area (Å²) in [6, 6.07) is 1.45. The maximum absolute atomic E-state index is 12.7. The second-order valence-electron chi connectivity index (χ2n) is 7.11. The van der Waals surface area contributed by atoms with Gasteiger partial charge in [-0.3, -0.25) is 4.79 Å². The van der Waals surface area contributed by atoms with Gasteiger partial charge < -0.3 is 4.74 Å². The van der Waals surface area contributed by atoms with Crippen LogP contribution in [0.3, 0.4) is 0 Å². The Morgan fingerprint density at radius 3 is 2.42 bits per heavy atom. The van der Waals surface area contributed by atoms with Crippen molar-refractivity contribution in [2.24, 2.45) is 17.8 Å². The largest absolute Gasteiger partial charge is 0.462 e. The molecule has 0 aromatic carbocycles. The zero-order valence-corrected chi connectivity index (χ0v) is 14.5. The van der Waals surface area contributed by atoms with E-state index < -0.39 is 5.83 Å². The van der Waals surface area contributed by atoms with Crippen LogP contribution in [0.4, 0.5) is 4.39 Å². The number of rotatable bonds is 5. The molecule has 2 fully saturated rings. The van der Waals surface area contributed by atoms with Crippen molar-refractivity contribution in [3.05, 3.63) is 24.1 Å². The Morgan fingerprint density at radius 1 is 1.17 bits per heavy atom. The molecular weight excluding hydrogens is 305 g/mol. The second kappa shape index (κ2) is 9.61. The summed E-state index contributed by atoms with van der Waals surface area (Å²) in [5.74, 6) is 0.498. The average molecular weight is 333 g/mol. The molecule has 24 heavy (non-hydrogen) atoms. The molecule has 3 nitrogen and oxygen atoms in total. The summed E-state index contributed by atoms with van der Waals surface area (Å²) in [5, 5.41) is 8.35. The topological polar surface area (TPSA) is 50.1 Å². The van der Waals surface area contributed by atoms with Crippen LogP contribution in [-0.2, 0) is 9.53 Å². The SMILES string of the molecule is CCC1CCC(C(=O)OC2CCC(C=CC=C(F)C#N)CC2)CC1. The zero-order chi connectivity index (χ0) is 17.4. The molecular formula is C20H28FNO2. The van der Waals surface area contributed by atoms with Gasteiger partial charge in [0, 0.05) is 0 Å². The molecule has 0 aromatic heterocycles. The summed E-state index contributed by atoms with van der Waals surface area (Å²) in [6.07, 6.45) is 13.9. The number of hydrogen-bond acceptors (Lipinski definition) is 3. The molecule has 0 aromatic rings. The third-order valence-electron chi connectivity index (χ3n) is 5.49. The quantitative estimate of drug-likeness (QED) is 0.393. The molecule has 0 atom stereocenters. The monoisotopic (exact) mass is 333 g/mol. The third kappa shape index (κ3) is 5.78. The van der Waals surface area contributed by atoms with E-state index in [1.54, 1.807) is 6.08 Å². The van der Waals surface area contributed by atoms with E-state index in [-0.39, 0.29) is 18.0 Å². The maximum atomic E-state index is 12.7. The highest BCUT2D eigenvalue weighted by Gasteiger charge is 2.29. The van der Waals surface area contributed by atoms with Crippen LogP contribution in [0.15, 0.2) is 24.1 Å². The van der Waals surface area contributed by atoms with Gasteiger partial charge in [0.1, 0.15) is 12.2 Å². The molecule has 0 bridgehead atoms. The van der Waals surface area contributed by atoms with Gasteiger partial charge >= 0.3 is 5.97 Å². The normalized spacial score (nSPS) is 31.6. The van der Waals surface area contributed by atoms with Crippen molar-refractivity contribution in [1.82, 2.24) is 0 Å². The molecule has 4 heteroatoms. The third-order valence-corrected chi connectivity index (χ3v) is 5.49. The summed E-state index contributed by atoms with van der Waals surface area (Å²) >= 11 is 0. The number of nitriles is 1. The molecule has 2 aliphatic rings. The Labute approximate surface area is 144 Å². The zero-order valence-electron chi connectivity index (χ0n) is 14.5. The highest BCUT2D eigenvalue weighted by molar-refractivity contribution is 5.72. The van der Waals surface area contributed by atoms with E-state index in [0.29, 0.717) is 5.92 Å². The van der Waals surface area contributed by atoms with E-state index in [4.69, 9.17) is 10.00 Å². The van der Waals surface area contributed by atoms with Crippen LogP contribution in [-0.4, -0.2) is 12.1 Å². The van der Waals surface area contributed by atoms with E-state index >= 15 is 0 Å². The van der Waals surface area contributed by atoms with E-state index in [9.17, 15) is 9.18 Å². The fraction of sp³-hybridized carbons (Fsp3) is 0.700. The van der Waals surface area contributed by atoms with Crippen molar-refractivity contribution < 1.29 is 13.9 Å². The number of carbonyl (C=O) groups is 1. The molecule has 0 amide bonds. The number of carbonyl (C=O) groups excluding carboxylic acids is 1. The Kier molecular flexibility index (Phi) is 7.49. The summed E-state index contributed by atoms with van der Waals surface area (Å²) in [5.41, 5.74) is 0. The van der Waals surface area contributed by atoms with Crippen LogP contribution >= 0.6 is 0 Å². The van der Waals surface area contributed by atoms with E-state index in [2.05, 4.69) is 6.92 Å². The first-order valence-electron chi connectivity index (χ1n) is 9.27. The number of esters is 1. The lowest BCUT2D eigenvalue weighted by Gasteiger charge is -2.30. The Bertz CT molecular complexity index is 504. The first-order chi connectivity index (χ1) is 11.6. The van der Waals surface area contributed by atoms with Gasteiger partial charge in [0.2, 0.25) is 0 Å². The van der Waals surface area contributed by atoms with Gasteiger partial charge in [0.05, 0.1) is 5.92 Å². The molecule has 2 rings (SSSR count). The molecule has 2 saturated carbocycles. The highest BCUT2D eigenvalue weighted by Crippen LogP contribution is 2.33. The smallest absolute Gasteiger partial charge is 0.309 e. The molecule has 0 aliphatic heterocycles. The van der Waals surface area contributed by atoms with E-state index in [1.165, 1.54) is 18.6 Å². The number of ether oxygens (including phenoxy) is 1. The molecule has 0 unspecified atom stereocenters. The Morgan fingerprint density at radius 2 is 1.83 bits per heavy atom. The minimum atomic E-state index is -0.772. The van der Waals surface area contributed by atoms with Crippen LogP contribution in [0.2, 0.25) is 0 Å². The molecule has 0 N–H and O–H groups in total. The molecule has 2 aliphatic carbocycles. The number of hydrogen-bond donors (Lipinski definition) is 0. The maximum Gasteiger partial charge on any atom is 0.309 e. The molecule has 132 valence electrons. The van der Waals surface area contributed by atoms with Gasteiger partial charge in [-0.1, -0.05) is 25.5 Å². The van der Waals surface area contributed by atoms with Gasteiger partial charge in [-0.25, -0.2) is 0 Å². The van der Waals surface area contributed by atoms with Crippen molar-refractivity contribution in [2.75, 3.05) is 0 Å². The van der Waals surface area contributed by atoms with Gasteiger partial charge in [0.15, 0.2) is 5.83 Å². The van der Waals surface area contributed by atoms with Crippen LogP contribution < -0.4 is 0 Å². The van der Waals surface area contributed by atoms with Crippen LogP contribution in [0.5, 0.6) is 0 Å². The summed E-state index contributed by atoms with van der Waals surface area (Å²) in [6.45, 7) is 2.22. The summed E-state index contributed by atoms with van der Waals surface area (Å²) in [7, 11) is 0. The van der Waals surface area contributed by atoms with Gasteiger partial charge in [0.25, 0.3) is 0 Å². The van der Waals surface area contributed by atoms with Crippen molar-refractivity contribution in [3.8, 4) is 6.07 Å². The minimum Gasteiger partial charge on any atom is -0.462 e. The minimum absolute atomic E-state index is 0.00238. The van der Waals surface area contributed by atoms with Crippen molar-refractivity contribution in [1.29, 1.82) is 5.26 Å². The Hall–Kier alpha value is -1.63.